The van der Waals surface area contributed by atoms with Gasteiger partial charge in [-0.05, 0) is 18.0 Å². The molecule has 0 saturated heterocycles. The Morgan fingerprint density at radius 3 is 2.33 bits per heavy atom. The first-order valence-corrected chi connectivity index (χ1v) is 4.87. The van der Waals surface area contributed by atoms with Crippen molar-refractivity contribution in [2.24, 2.45) is 0 Å². The van der Waals surface area contributed by atoms with Crippen LogP contribution in [0.15, 0.2) is 12.1 Å². The van der Waals surface area contributed by atoms with Gasteiger partial charge < -0.3 is 11.9 Å². The number of aromatic amines is 1. The van der Waals surface area contributed by atoms with Crippen LogP contribution in [0.2, 0.25) is 0 Å². The average molecular weight is 423 g/mol. The van der Waals surface area contributed by atoms with Gasteiger partial charge in [-0.25, -0.2) is 0 Å². The van der Waals surface area contributed by atoms with E-state index in [2.05, 4.69) is 44.8 Å². The molecule has 0 aliphatic carbocycles. The Kier molecular flexibility index (Phi) is 3.98. The molecule has 0 saturated carbocycles. The molecule has 0 bridgehead atoms. The van der Waals surface area contributed by atoms with Gasteiger partial charge in [-0.15, -0.1) is 11.1 Å². The number of hydrogen-bond donors (Lipinski definition) is 1. The van der Waals surface area contributed by atoms with E-state index in [0.29, 0.717) is 0 Å². The van der Waals surface area contributed by atoms with E-state index in [9.17, 15) is 0 Å². The van der Waals surface area contributed by atoms with Crippen molar-refractivity contribution in [1.29, 1.82) is 0 Å². The van der Waals surface area contributed by atoms with Crippen molar-refractivity contribution < 1.29 is 31.1 Å². The van der Waals surface area contributed by atoms with Gasteiger partial charge in [-0.3, -0.25) is 0 Å². The Hall–Kier alpha value is -0.318. The fraction of sp³-hybridized carbons (Fsp3) is 0.231. The third kappa shape index (κ3) is 1.98. The number of nitrogens with one attached hydrogen (secondary N) is 1. The average Bonchev–Trinajstić information content (AvgIpc) is 2.51. The molecule has 0 unspecified atom stereocenters. The number of H-pyrrole nitrogens is 1. The van der Waals surface area contributed by atoms with Gasteiger partial charge in [-0.1, -0.05) is 24.6 Å². The predicted molar refractivity (Wildman–Crippen MR) is 61.3 cm³/mol. The van der Waals surface area contributed by atoms with Crippen molar-refractivity contribution in [2.75, 3.05) is 0 Å². The zero-order valence-corrected chi connectivity index (χ0v) is 13.4. The largest absolute Gasteiger partial charge is 2.00 e. The molecule has 1 N–H and O–H groups in total. The van der Waals surface area contributed by atoms with E-state index in [4.69, 9.17) is 0 Å². The Bertz CT molecular complexity index is 483. The second-order valence-electron chi connectivity index (χ2n) is 3.78. The molecule has 0 amide bonds. The van der Waals surface area contributed by atoms with Crippen LogP contribution in [0.3, 0.4) is 0 Å². The first kappa shape index (κ1) is 12.8. The van der Waals surface area contributed by atoms with Gasteiger partial charge in [0.15, 0.2) is 0 Å². The number of fused-ring (bicyclic) bond motifs is 1. The van der Waals surface area contributed by atoms with Crippen LogP contribution in [-0.2, 0) is 6.42 Å². The van der Waals surface area contributed by atoms with Crippen molar-refractivity contribution in [3.63, 3.8) is 0 Å². The maximum absolute atomic E-state index is 4.11. The fourth-order valence-corrected chi connectivity index (χ4v) is 1.95. The van der Waals surface area contributed by atoms with Crippen LogP contribution in [0.25, 0.3) is 10.9 Å². The quantitative estimate of drug-likeness (QED) is 0.678. The molecule has 0 fully saturated rings. The number of aryl methyl sites for hydroxylation is 2. The van der Waals surface area contributed by atoms with Gasteiger partial charge in [0.2, 0.25) is 0 Å². The second kappa shape index (κ2) is 4.68. The standard InChI is InChI=1S/C13H15N.U/c1-5-11-10(4)12-8(2)6-7-9(3)13(12)14-11;/h6-7,14H,1,4-5H2,2-3H3;/q-2;+2. The minimum absolute atomic E-state index is 0. The summed E-state index contributed by atoms with van der Waals surface area (Å²) in [6.07, 6.45) is 0.770. The van der Waals surface area contributed by atoms with Gasteiger partial charge in [0.25, 0.3) is 0 Å². The van der Waals surface area contributed by atoms with Gasteiger partial charge in [0.1, 0.15) is 0 Å². The van der Waals surface area contributed by atoms with E-state index in [1.54, 1.807) is 0 Å². The summed E-state index contributed by atoms with van der Waals surface area (Å²) in [5, 5.41) is 1.27. The molecule has 0 atom stereocenters. The van der Waals surface area contributed by atoms with E-state index in [0.717, 1.165) is 17.7 Å². The number of aromatic nitrogens is 1. The Morgan fingerprint density at radius 2 is 1.80 bits per heavy atom. The maximum atomic E-state index is 4.11. The molecular weight excluding hydrogens is 408 g/mol. The summed E-state index contributed by atoms with van der Waals surface area (Å²) in [5.41, 5.74) is 6.03. The molecule has 0 aliphatic rings. The molecular formula is C13H15NU. The van der Waals surface area contributed by atoms with Crippen LogP contribution in [0.1, 0.15) is 22.4 Å². The van der Waals surface area contributed by atoms with Gasteiger partial charge in [0, 0.05) is 0 Å². The van der Waals surface area contributed by atoms with Gasteiger partial charge in [-0.2, -0.15) is 18.9 Å². The summed E-state index contributed by atoms with van der Waals surface area (Å²) in [5.74, 6) is 0. The summed E-state index contributed by atoms with van der Waals surface area (Å²) in [4.78, 5) is 3.40. The van der Waals surface area contributed by atoms with Gasteiger partial charge in [0.05, 0.1) is 0 Å². The molecule has 2 rings (SSSR count). The molecule has 76 valence electrons. The van der Waals surface area contributed by atoms with E-state index in [1.165, 1.54) is 22.0 Å². The molecule has 0 aliphatic heterocycles. The first-order chi connectivity index (χ1) is 6.65. The van der Waals surface area contributed by atoms with Crippen LogP contribution in [0, 0.1) is 58.8 Å². The second-order valence-corrected chi connectivity index (χ2v) is 3.78. The minimum atomic E-state index is 0. The van der Waals surface area contributed by atoms with E-state index in [-0.39, 0.29) is 31.1 Å². The van der Waals surface area contributed by atoms with Crippen LogP contribution < -0.4 is 0 Å². The van der Waals surface area contributed by atoms with Crippen LogP contribution in [-0.4, -0.2) is 4.98 Å². The minimum Gasteiger partial charge on any atom is -0.423 e. The van der Waals surface area contributed by atoms with Crippen molar-refractivity contribution in [3.05, 3.63) is 48.4 Å². The zero-order chi connectivity index (χ0) is 10.3. The molecule has 1 heterocycles. The molecule has 2 heteroatoms. The fourth-order valence-electron chi connectivity index (χ4n) is 1.95. The SMILES string of the molecule is [CH2-]Cc1[nH]c2c(C)ccc(C)c2c1[CH2-].[U+2]. The maximum Gasteiger partial charge on any atom is 2.00 e. The Balaban J connectivity index is 0.00000112. The molecule has 1 aromatic carbocycles. The molecule has 15 heavy (non-hydrogen) atoms. The third-order valence-electron chi connectivity index (χ3n) is 2.81. The Labute approximate surface area is 115 Å². The van der Waals surface area contributed by atoms with Crippen molar-refractivity contribution in [2.45, 2.75) is 20.3 Å². The Morgan fingerprint density at radius 1 is 1.20 bits per heavy atom. The van der Waals surface area contributed by atoms with E-state index >= 15 is 0 Å². The normalized spacial score (nSPS) is 10.3. The van der Waals surface area contributed by atoms with Crippen molar-refractivity contribution >= 4 is 10.9 Å². The van der Waals surface area contributed by atoms with E-state index < -0.39 is 0 Å². The molecule has 0 spiro atoms. The van der Waals surface area contributed by atoms with Crippen molar-refractivity contribution in [3.8, 4) is 0 Å². The number of hydrogen-bond acceptors (Lipinski definition) is 0. The number of benzene rings is 1. The predicted octanol–water partition coefficient (Wildman–Crippen LogP) is 3.34. The van der Waals surface area contributed by atoms with Gasteiger partial charge >= 0.3 is 31.1 Å². The first-order valence-electron chi connectivity index (χ1n) is 4.87. The molecule has 1 nitrogen and oxygen atoms in total. The summed E-state index contributed by atoms with van der Waals surface area (Å²) in [7, 11) is 0. The summed E-state index contributed by atoms with van der Waals surface area (Å²) >= 11 is 0. The molecule has 1 aromatic heterocycles. The number of rotatable bonds is 1. The van der Waals surface area contributed by atoms with Crippen LogP contribution in [0.4, 0.5) is 0 Å². The molecule has 0 radical (unpaired) electrons. The summed E-state index contributed by atoms with van der Waals surface area (Å²) < 4.78 is 0. The third-order valence-corrected chi connectivity index (χ3v) is 2.81. The smallest absolute Gasteiger partial charge is 0.423 e. The van der Waals surface area contributed by atoms with Crippen molar-refractivity contribution in [1.82, 2.24) is 4.98 Å². The van der Waals surface area contributed by atoms with Crippen LogP contribution in [0.5, 0.6) is 0 Å². The van der Waals surface area contributed by atoms with Crippen LogP contribution >= 0.6 is 0 Å². The van der Waals surface area contributed by atoms with E-state index in [1.807, 2.05) is 0 Å². The zero-order valence-electron chi connectivity index (χ0n) is 9.28. The summed E-state index contributed by atoms with van der Waals surface area (Å²) in [6, 6.07) is 4.29. The summed E-state index contributed by atoms with van der Waals surface area (Å²) in [6.45, 7) is 12.2. The monoisotopic (exact) mass is 423 g/mol. The topological polar surface area (TPSA) is 15.8 Å². The molecule has 2 aromatic rings.